The van der Waals surface area contributed by atoms with E-state index in [-0.39, 0.29) is 5.91 Å². The SMILES string of the molecule is O=C(c1cc(C2CC2)nc2ccccc12)N1CC[C@@H]2CNC[C@@H]2CC1. The normalized spacial score (nSPS) is 26.5. The number of hydrogen-bond donors (Lipinski definition) is 1. The van der Waals surface area contributed by atoms with Crippen molar-refractivity contribution >= 4 is 16.8 Å². The summed E-state index contributed by atoms with van der Waals surface area (Å²) in [5.74, 6) is 2.25. The highest BCUT2D eigenvalue weighted by molar-refractivity contribution is 6.06. The lowest BCUT2D eigenvalue weighted by Crippen LogP contribution is -2.33. The molecule has 2 aliphatic heterocycles. The van der Waals surface area contributed by atoms with E-state index in [4.69, 9.17) is 4.98 Å². The van der Waals surface area contributed by atoms with Crippen LogP contribution in [0.25, 0.3) is 10.9 Å². The van der Waals surface area contributed by atoms with Crippen LogP contribution in [0.3, 0.4) is 0 Å². The van der Waals surface area contributed by atoms with Gasteiger partial charge in [-0.3, -0.25) is 9.78 Å². The first-order chi connectivity index (χ1) is 12.3. The lowest BCUT2D eigenvalue weighted by Gasteiger charge is -2.22. The number of para-hydroxylation sites is 1. The van der Waals surface area contributed by atoms with Gasteiger partial charge in [-0.2, -0.15) is 0 Å². The average molecular weight is 335 g/mol. The Morgan fingerprint density at radius 3 is 2.48 bits per heavy atom. The van der Waals surface area contributed by atoms with Crippen LogP contribution in [0.4, 0.5) is 0 Å². The van der Waals surface area contributed by atoms with Crippen LogP contribution in [-0.2, 0) is 0 Å². The summed E-state index contributed by atoms with van der Waals surface area (Å²) >= 11 is 0. The summed E-state index contributed by atoms with van der Waals surface area (Å²) in [6.45, 7) is 4.02. The Morgan fingerprint density at radius 1 is 1.04 bits per heavy atom. The Hall–Kier alpha value is -1.94. The second-order valence-electron chi connectivity index (χ2n) is 7.93. The molecule has 0 unspecified atom stereocenters. The van der Waals surface area contributed by atoms with Gasteiger partial charge in [-0.05, 0) is 62.7 Å². The van der Waals surface area contributed by atoms with Gasteiger partial charge in [0.25, 0.3) is 5.91 Å². The van der Waals surface area contributed by atoms with Crippen molar-refractivity contribution < 1.29 is 4.79 Å². The van der Waals surface area contributed by atoms with E-state index in [9.17, 15) is 4.79 Å². The molecule has 4 nitrogen and oxygen atoms in total. The molecule has 4 heteroatoms. The molecule has 1 aliphatic carbocycles. The van der Waals surface area contributed by atoms with Crippen LogP contribution in [-0.4, -0.2) is 42.0 Å². The monoisotopic (exact) mass is 335 g/mol. The quantitative estimate of drug-likeness (QED) is 0.917. The number of likely N-dealkylation sites (tertiary alicyclic amines) is 1. The molecule has 2 atom stereocenters. The van der Waals surface area contributed by atoms with Crippen LogP contribution in [0.15, 0.2) is 30.3 Å². The number of benzene rings is 1. The minimum absolute atomic E-state index is 0.202. The highest BCUT2D eigenvalue weighted by Crippen LogP contribution is 2.40. The van der Waals surface area contributed by atoms with Gasteiger partial charge < -0.3 is 10.2 Å². The maximum absolute atomic E-state index is 13.4. The number of pyridine rings is 1. The first kappa shape index (κ1) is 15.3. The average Bonchev–Trinajstić information content (AvgIpc) is 3.44. The number of fused-ring (bicyclic) bond motifs is 2. The van der Waals surface area contributed by atoms with Gasteiger partial charge in [-0.15, -0.1) is 0 Å². The van der Waals surface area contributed by atoms with E-state index >= 15 is 0 Å². The van der Waals surface area contributed by atoms with Crippen molar-refractivity contribution in [1.82, 2.24) is 15.2 Å². The molecule has 1 aromatic heterocycles. The third-order valence-electron chi connectivity index (χ3n) is 6.27. The Morgan fingerprint density at radius 2 is 1.76 bits per heavy atom. The lowest BCUT2D eigenvalue weighted by atomic mass is 9.92. The second kappa shape index (κ2) is 6.10. The molecule has 2 aromatic rings. The van der Waals surface area contributed by atoms with Crippen LogP contribution in [0.1, 0.15) is 47.7 Å². The Bertz CT molecular complexity index is 800. The predicted octanol–water partition coefficient (Wildman–Crippen LogP) is 3.18. The summed E-state index contributed by atoms with van der Waals surface area (Å²) in [4.78, 5) is 20.3. The lowest BCUT2D eigenvalue weighted by molar-refractivity contribution is 0.0760. The number of carbonyl (C=O) groups is 1. The molecule has 130 valence electrons. The van der Waals surface area contributed by atoms with Crippen LogP contribution < -0.4 is 5.32 Å². The Balaban J connectivity index is 1.48. The molecule has 0 bridgehead atoms. The van der Waals surface area contributed by atoms with E-state index in [1.165, 1.54) is 12.8 Å². The fourth-order valence-electron chi connectivity index (χ4n) is 4.55. The molecule has 1 saturated carbocycles. The van der Waals surface area contributed by atoms with E-state index in [1.807, 2.05) is 24.3 Å². The molecule has 0 spiro atoms. The molecular weight excluding hydrogens is 310 g/mol. The molecule has 3 aliphatic rings. The summed E-state index contributed by atoms with van der Waals surface area (Å²) in [6.07, 6.45) is 4.67. The van der Waals surface area contributed by atoms with Gasteiger partial charge in [0.15, 0.2) is 0 Å². The molecule has 3 heterocycles. The van der Waals surface area contributed by atoms with Crippen molar-refractivity contribution in [3.8, 4) is 0 Å². The smallest absolute Gasteiger partial charge is 0.254 e. The summed E-state index contributed by atoms with van der Waals surface area (Å²) < 4.78 is 0. The zero-order chi connectivity index (χ0) is 16.8. The van der Waals surface area contributed by atoms with Crippen molar-refractivity contribution in [2.75, 3.05) is 26.2 Å². The van der Waals surface area contributed by atoms with Crippen LogP contribution in [0, 0.1) is 11.8 Å². The highest BCUT2D eigenvalue weighted by atomic mass is 16.2. The molecule has 2 saturated heterocycles. The van der Waals surface area contributed by atoms with Crippen LogP contribution >= 0.6 is 0 Å². The van der Waals surface area contributed by atoms with Crippen molar-refractivity contribution in [2.45, 2.75) is 31.6 Å². The van der Waals surface area contributed by atoms with Crippen LogP contribution in [0.2, 0.25) is 0 Å². The zero-order valence-electron chi connectivity index (χ0n) is 14.6. The topological polar surface area (TPSA) is 45.2 Å². The minimum atomic E-state index is 0.202. The van der Waals surface area contributed by atoms with E-state index < -0.39 is 0 Å². The predicted molar refractivity (Wildman–Crippen MR) is 98.7 cm³/mol. The van der Waals surface area contributed by atoms with Crippen molar-refractivity contribution in [2.24, 2.45) is 11.8 Å². The summed E-state index contributed by atoms with van der Waals surface area (Å²) in [6, 6.07) is 10.2. The van der Waals surface area contributed by atoms with Gasteiger partial charge in [0.2, 0.25) is 0 Å². The number of aromatic nitrogens is 1. The number of rotatable bonds is 2. The van der Waals surface area contributed by atoms with E-state index in [2.05, 4.69) is 16.3 Å². The van der Waals surface area contributed by atoms with Gasteiger partial charge in [0.1, 0.15) is 0 Å². The number of carbonyl (C=O) groups excluding carboxylic acids is 1. The molecular formula is C21H25N3O. The summed E-state index contributed by atoms with van der Waals surface area (Å²) in [7, 11) is 0. The van der Waals surface area contributed by atoms with Gasteiger partial charge in [-0.25, -0.2) is 0 Å². The van der Waals surface area contributed by atoms with Crippen molar-refractivity contribution in [1.29, 1.82) is 0 Å². The Kier molecular flexibility index (Phi) is 3.74. The molecule has 0 radical (unpaired) electrons. The molecule has 3 fully saturated rings. The summed E-state index contributed by atoms with van der Waals surface area (Å²) in [5.41, 5.74) is 2.93. The molecule has 25 heavy (non-hydrogen) atoms. The number of nitrogens with zero attached hydrogens (tertiary/aromatic N) is 2. The summed E-state index contributed by atoms with van der Waals surface area (Å²) in [5, 5.41) is 4.51. The molecule has 1 N–H and O–H groups in total. The fourth-order valence-corrected chi connectivity index (χ4v) is 4.55. The molecule has 1 amide bonds. The van der Waals surface area contributed by atoms with Gasteiger partial charge in [0, 0.05) is 30.1 Å². The van der Waals surface area contributed by atoms with E-state index in [1.54, 1.807) is 0 Å². The van der Waals surface area contributed by atoms with E-state index in [0.717, 1.165) is 73.0 Å². The zero-order valence-corrected chi connectivity index (χ0v) is 14.6. The Labute approximate surface area is 148 Å². The molecule has 5 rings (SSSR count). The largest absolute Gasteiger partial charge is 0.339 e. The number of amides is 1. The highest BCUT2D eigenvalue weighted by Gasteiger charge is 2.33. The van der Waals surface area contributed by atoms with Crippen molar-refractivity contribution in [3.05, 3.63) is 41.6 Å². The van der Waals surface area contributed by atoms with Gasteiger partial charge in [-0.1, -0.05) is 18.2 Å². The maximum Gasteiger partial charge on any atom is 0.254 e. The fraction of sp³-hybridized carbons (Fsp3) is 0.524. The van der Waals surface area contributed by atoms with Gasteiger partial charge in [0.05, 0.1) is 11.1 Å². The first-order valence-corrected chi connectivity index (χ1v) is 9.69. The number of hydrogen-bond acceptors (Lipinski definition) is 3. The second-order valence-corrected chi connectivity index (χ2v) is 7.93. The van der Waals surface area contributed by atoms with Crippen molar-refractivity contribution in [3.63, 3.8) is 0 Å². The minimum Gasteiger partial charge on any atom is -0.339 e. The maximum atomic E-state index is 13.4. The first-order valence-electron chi connectivity index (χ1n) is 9.69. The van der Waals surface area contributed by atoms with E-state index in [0.29, 0.717) is 5.92 Å². The van der Waals surface area contributed by atoms with Crippen LogP contribution in [0.5, 0.6) is 0 Å². The third-order valence-corrected chi connectivity index (χ3v) is 6.27. The standard InChI is InChI=1S/C21H25N3O/c25-21(24-9-7-15-12-22-13-16(15)8-10-24)18-11-20(14-5-6-14)23-19-4-2-1-3-17(18)19/h1-4,11,14-16,22H,5-10,12-13H2/t15-,16+. The number of nitrogens with one attached hydrogen (secondary N) is 1. The molecule has 1 aromatic carbocycles. The third kappa shape index (κ3) is 2.82. The van der Waals surface area contributed by atoms with Gasteiger partial charge >= 0.3 is 0 Å².